The van der Waals surface area contributed by atoms with Crippen LogP contribution in [0.3, 0.4) is 0 Å². The molecule has 5 heteroatoms. The van der Waals surface area contributed by atoms with E-state index in [2.05, 4.69) is 20.3 Å². The molecule has 0 aliphatic heterocycles. The largest absolute Gasteiger partial charge is 0.338 e. The van der Waals surface area contributed by atoms with E-state index in [0.717, 1.165) is 22.4 Å². The predicted molar refractivity (Wildman–Crippen MR) is 93.7 cm³/mol. The Bertz CT molecular complexity index is 975. The molecule has 2 aromatic carbocycles. The summed E-state index contributed by atoms with van der Waals surface area (Å²) in [5, 5.41) is 2.81. The smallest absolute Gasteiger partial charge is 0.256 e. The summed E-state index contributed by atoms with van der Waals surface area (Å²) >= 11 is 0. The lowest BCUT2D eigenvalue weighted by Crippen LogP contribution is -2.12. The number of anilines is 1. The van der Waals surface area contributed by atoms with Crippen molar-refractivity contribution < 1.29 is 4.79 Å². The molecular weight excluding hydrogens is 300 g/mol. The minimum atomic E-state index is -0.190. The molecule has 0 saturated carbocycles. The number of hydrogen-bond donors (Lipinski definition) is 2. The Kier molecular flexibility index (Phi) is 3.51. The van der Waals surface area contributed by atoms with Gasteiger partial charge in [0.1, 0.15) is 11.6 Å². The molecule has 4 rings (SSSR count). The number of aromatic nitrogens is 3. The van der Waals surface area contributed by atoms with Crippen LogP contribution in [0.5, 0.6) is 0 Å². The number of fused-ring (bicyclic) bond motifs is 1. The zero-order valence-corrected chi connectivity index (χ0v) is 12.7. The van der Waals surface area contributed by atoms with Gasteiger partial charge in [0.25, 0.3) is 5.91 Å². The topological polar surface area (TPSA) is 70.7 Å². The van der Waals surface area contributed by atoms with Crippen LogP contribution in [0.15, 0.2) is 72.9 Å². The maximum absolute atomic E-state index is 12.2. The molecular formula is C19H14N4O. The van der Waals surface area contributed by atoms with Crippen LogP contribution < -0.4 is 5.32 Å². The Morgan fingerprint density at radius 1 is 0.958 bits per heavy atom. The van der Waals surface area contributed by atoms with Crippen LogP contribution in [0.1, 0.15) is 10.4 Å². The molecule has 0 atom stereocenters. The highest BCUT2D eigenvalue weighted by Gasteiger charge is 2.09. The average molecular weight is 314 g/mol. The summed E-state index contributed by atoms with van der Waals surface area (Å²) in [5.74, 6) is 1.04. The lowest BCUT2D eigenvalue weighted by Gasteiger charge is -2.05. The van der Waals surface area contributed by atoms with E-state index in [1.807, 2.05) is 48.5 Å². The Labute approximate surface area is 138 Å². The Morgan fingerprint density at radius 3 is 2.58 bits per heavy atom. The van der Waals surface area contributed by atoms with Crippen molar-refractivity contribution in [1.29, 1.82) is 0 Å². The molecule has 116 valence electrons. The number of pyridine rings is 1. The number of nitrogens with zero attached hydrogens (tertiary/aromatic N) is 2. The number of imidazole rings is 1. The van der Waals surface area contributed by atoms with Gasteiger partial charge in [0.15, 0.2) is 0 Å². The second-order valence-electron chi connectivity index (χ2n) is 5.35. The van der Waals surface area contributed by atoms with Gasteiger partial charge in [-0.3, -0.25) is 4.79 Å². The third-order valence-corrected chi connectivity index (χ3v) is 3.70. The van der Waals surface area contributed by atoms with E-state index in [4.69, 9.17) is 0 Å². The monoisotopic (exact) mass is 314 g/mol. The highest BCUT2D eigenvalue weighted by molar-refractivity contribution is 6.03. The Balaban J connectivity index is 1.63. The van der Waals surface area contributed by atoms with Gasteiger partial charge in [0.2, 0.25) is 0 Å². The van der Waals surface area contributed by atoms with Crippen molar-refractivity contribution >= 4 is 22.8 Å². The molecule has 2 aromatic heterocycles. The van der Waals surface area contributed by atoms with Gasteiger partial charge in [-0.25, -0.2) is 9.97 Å². The van der Waals surface area contributed by atoms with Gasteiger partial charge >= 0.3 is 0 Å². The fourth-order valence-corrected chi connectivity index (χ4v) is 2.51. The van der Waals surface area contributed by atoms with Crippen molar-refractivity contribution in [2.45, 2.75) is 0 Å². The van der Waals surface area contributed by atoms with E-state index < -0.39 is 0 Å². The van der Waals surface area contributed by atoms with Gasteiger partial charge < -0.3 is 10.3 Å². The van der Waals surface area contributed by atoms with Gasteiger partial charge in [0.05, 0.1) is 11.0 Å². The molecule has 0 aliphatic carbocycles. The van der Waals surface area contributed by atoms with Gasteiger partial charge in [0, 0.05) is 17.3 Å². The number of para-hydroxylation sites is 2. The summed E-state index contributed by atoms with van der Waals surface area (Å²) in [6, 6.07) is 20.6. The summed E-state index contributed by atoms with van der Waals surface area (Å²) in [6.07, 6.45) is 1.66. The van der Waals surface area contributed by atoms with Crippen molar-refractivity contribution in [1.82, 2.24) is 15.0 Å². The molecule has 2 N–H and O–H groups in total. The maximum atomic E-state index is 12.2. The fraction of sp³-hybridized carbons (Fsp3) is 0. The summed E-state index contributed by atoms with van der Waals surface area (Å²) in [4.78, 5) is 24.3. The standard InChI is InChI=1S/C19H14N4O/c24-19(13-6-2-1-3-7-13)23-17-12-14(10-11-20-17)18-21-15-8-4-5-9-16(15)22-18/h1-12H,(H,21,22)(H,20,23,24). The molecule has 1 amide bonds. The number of H-pyrrole nitrogens is 1. The molecule has 24 heavy (non-hydrogen) atoms. The first kappa shape index (κ1) is 14.1. The van der Waals surface area contributed by atoms with E-state index in [9.17, 15) is 4.79 Å². The lowest BCUT2D eigenvalue weighted by atomic mass is 10.2. The summed E-state index contributed by atoms with van der Waals surface area (Å²) in [5.41, 5.74) is 3.33. The van der Waals surface area contributed by atoms with E-state index in [-0.39, 0.29) is 5.91 Å². The highest BCUT2D eigenvalue weighted by atomic mass is 16.1. The summed E-state index contributed by atoms with van der Waals surface area (Å²) in [7, 11) is 0. The van der Waals surface area contributed by atoms with Gasteiger partial charge in [-0.05, 0) is 36.4 Å². The highest BCUT2D eigenvalue weighted by Crippen LogP contribution is 2.22. The van der Waals surface area contributed by atoms with Gasteiger partial charge in [-0.15, -0.1) is 0 Å². The van der Waals surface area contributed by atoms with E-state index in [1.165, 1.54) is 0 Å². The second kappa shape index (κ2) is 5.96. The number of carbonyl (C=O) groups is 1. The molecule has 0 unspecified atom stereocenters. The summed E-state index contributed by atoms with van der Waals surface area (Å²) in [6.45, 7) is 0. The Morgan fingerprint density at radius 2 is 1.75 bits per heavy atom. The first-order valence-electron chi connectivity index (χ1n) is 7.57. The van der Waals surface area contributed by atoms with Crippen LogP contribution in [-0.2, 0) is 0 Å². The first-order chi connectivity index (χ1) is 11.8. The van der Waals surface area contributed by atoms with Crippen molar-refractivity contribution in [2.75, 3.05) is 5.32 Å². The zero-order valence-electron chi connectivity index (χ0n) is 12.7. The van der Waals surface area contributed by atoms with Crippen LogP contribution >= 0.6 is 0 Å². The molecule has 4 aromatic rings. The van der Waals surface area contributed by atoms with Crippen molar-refractivity contribution in [2.24, 2.45) is 0 Å². The molecule has 0 aliphatic rings. The summed E-state index contributed by atoms with van der Waals surface area (Å²) < 4.78 is 0. The fourth-order valence-electron chi connectivity index (χ4n) is 2.51. The molecule has 0 spiro atoms. The molecule has 5 nitrogen and oxygen atoms in total. The Hall–Kier alpha value is -3.47. The first-order valence-corrected chi connectivity index (χ1v) is 7.57. The molecule has 0 radical (unpaired) electrons. The van der Waals surface area contributed by atoms with Crippen molar-refractivity contribution in [3.63, 3.8) is 0 Å². The van der Waals surface area contributed by atoms with Crippen molar-refractivity contribution in [3.05, 3.63) is 78.5 Å². The SMILES string of the molecule is O=C(Nc1cc(-c2nc3ccccc3[nH]2)ccn1)c1ccccc1. The van der Waals surface area contributed by atoms with Crippen LogP contribution in [0, 0.1) is 0 Å². The van der Waals surface area contributed by atoms with E-state index >= 15 is 0 Å². The quantitative estimate of drug-likeness (QED) is 0.603. The third-order valence-electron chi connectivity index (χ3n) is 3.70. The maximum Gasteiger partial charge on any atom is 0.256 e. The van der Waals surface area contributed by atoms with Gasteiger partial charge in [-0.1, -0.05) is 30.3 Å². The lowest BCUT2D eigenvalue weighted by molar-refractivity contribution is 0.102. The number of hydrogen-bond acceptors (Lipinski definition) is 3. The molecule has 0 bridgehead atoms. The minimum Gasteiger partial charge on any atom is -0.338 e. The third kappa shape index (κ3) is 2.75. The number of amides is 1. The predicted octanol–water partition coefficient (Wildman–Crippen LogP) is 3.88. The van der Waals surface area contributed by atoms with Crippen LogP contribution in [0.4, 0.5) is 5.82 Å². The van der Waals surface area contributed by atoms with Crippen LogP contribution in [-0.4, -0.2) is 20.9 Å². The number of benzene rings is 2. The average Bonchev–Trinajstić information content (AvgIpc) is 3.07. The molecule has 2 heterocycles. The zero-order chi connectivity index (χ0) is 16.4. The van der Waals surface area contributed by atoms with Gasteiger partial charge in [-0.2, -0.15) is 0 Å². The van der Waals surface area contributed by atoms with E-state index in [1.54, 1.807) is 24.4 Å². The minimum absolute atomic E-state index is 0.190. The molecule has 0 fully saturated rings. The van der Waals surface area contributed by atoms with Crippen LogP contribution in [0.25, 0.3) is 22.4 Å². The second-order valence-corrected chi connectivity index (χ2v) is 5.35. The number of aromatic amines is 1. The van der Waals surface area contributed by atoms with Crippen molar-refractivity contribution in [3.8, 4) is 11.4 Å². The molecule has 0 saturated heterocycles. The van der Waals surface area contributed by atoms with E-state index in [0.29, 0.717) is 11.4 Å². The normalized spacial score (nSPS) is 10.7. The van der Waals surface area contributed by atoms with Crippen LogP contribution in [0.2, 0.25) is 0 Å². The number of rotatable bonds is 3. The number of carbonyl (C=O) groups excluding carboxylic acids is 1. The number of nitrogens with one attached hydrogen (secondary N) is 2.